The number of benzene rings is 1. The van der Waals surface area contributed by atoms with E-state index >= 15 is 0 Å². The van der Waals surface area contributed by atoms with Gasteiger partial charge in [-0.25, -0.2) is 14.2 Å². The molecule has 6 heteroatoms. The van der Waals surface area contributed by atoms with Crippen molar-refractivity contribution in [3.8, 4) is 5.88 Å². The smallest absolute Gasteiger partial charge is 0.322 e. The number of anilines is 1. The Morgan fingerprint density at radius 2 is 2.17 bits per heavy atom. The van der Waals surface area contributed by atoms with Gasteiger partial charge >= 0.3 is 6.03 Å². The highest BCUT2D eigenvalue weighted by Gasteiger charge is 2.28. The zero-order chi connectivity index (χ0) is 16.2. The van der Waals surface area contributed by atoms with E-state index in [9.17, 15) is 9.18 Å². The van der Waals surface area contributed by atoms with Gasteiger partial charge in [0.2, 0.25) is 5.88 Å². The molecule has 5 nitrogen and oxygen atoms in total. The summed E-state index contributed by atoms with van der Waals surface area (Å²) in [6, 6.07) is 9.54. The van der Waals surface area contributed by atoms with Gasteiger partial charge in [-0.05, 0) is 24.6 Å². The molecule has 1 N–H and O–H groups in total. The average molecular weight is 315 g/mol. The molecule has 1 aliphatic heterocycles. The highest BCUT2D eigenvalue weighted by Crippen LogP contribution is 2.19. The van der Waals surface area contributed by atoms with Crippen molar-refractivity contribution in [1.82, 2.24) is 9.88 Å². The van der Waals surface area contributed by atoms with E-state index in [2.05, 4.69) is 10.3 Å². The summed E-state index contributed by atoms with van der Waals surface area (Å²) in [6.07, 6.45) is 2.37. The van der Waals surface area contributed by atoms with Crippen LogP contribution in [0.4, 0.5) is 14.9 Å². The summed E-state index contributed by atoms with van der Waals surface area (Å²) >= 11 is 0. The second-order valence-electron chi connectivity index (χ2n) is 5.56. The first kappa shape index (κ1) is 15.3. The Morgan fingerprint density at radius 1 is 1.35 bits per heavy atom. The van der Waals surface area contributed by atoms with Crippen LogP contribution in [0.25, 0.3) is 0 Å². The highest BCUT2D eigenvalue weighted by atomic mass is 19.1. The highest BCUT2D eigenvalue weighted by molar-refractivity contribution is 5.89. The quantitative estimate of drug-likeness (QED) is 0.946. The molecule has 23 heavy (non-hydrogen) atoms. The number of hydrogen-bond donors (Lipinski definition) is 1. The number of aromatic nitrogens is 1. The van der Waals surface area contributed by atoms with Gasteiger partial charge in [-0.2, -0.15) is 0 Å². The molecule has 1 saturated heterocycles. The van der Waals surface area contributed by atoms with Crippen LogP contribution in [0.5, 0.6) is 5.88 Å². The van der Waals surface area contributed by atoms with E-state index in [0.717, 1.165) is 12.0 Å². The molecule has 1 fully saturated rings. The molecule has 0 aliphatic carbocycles. The fraction of sp³-hybridized carbons (Fsp3) is 0.294. The fourth-order valence-electron chi connectivity index (χ4n) is 2.46. The van der Waals surface area contributed by atoms with E-state index in [4.69, 9.17) is 4.74 Å². The predicted molar refractivity (Wildman–Crippen MR) is 85.0 cm³/mol. The van der Waals surface area contributed by atoms with Gasteiger partial charge in [0, 0.05) is 25.2 Å². The zero-order valence-corrected chi connectivity index (χ0v) is 12.8. The van der Waals surface area contributed by atoms with Crippen molar-refractivity contribution in [2.24, 2.45) is 0 Å². The van der Waals surface area contributed by atoms with Gasteiger partial charge in [0.05, 0.1) is 12.2 Å². The molecule has 1 aromatic heterocycles. The number of pyridine rings is 1. The lowest BCUT2D eigenvalue weighted by Crippen LogP contribution is -2.34. The predicted octanol–water partition coefficient (Wildman–Crippen LogP) is 3.21. The zero-order valence-electron chi connectivity index (χ0n) is 12.8. The topological polar surface area (TPSA) is 54.5 Å². The minimum atomic E-state index is -0.447. The average Bonchev–Trinajstić information content (AvgIpc) is 3.00. The Bertz CT molecular complexity index is 690. The summed E-state index contributed by atoms with van der Waals surface area (Å²) in [6.45, 7) is 2.98. The summed E-state index contributed by atoms with van der Waals surface area (Å²) in [7, 11) is 0. The second kappa shape index (κ2) is 6.64. The molecule has 1 unspecified atom stereocenters. The SMILES string of the molecule is Cc1ccc(OC2CCN(C(=O)Nc3ccccc3F)C2)nc1. The molecule has 2 heterocycles. The van der Waals surface area contributed by atoms with Gasteiger partial charge < -0.3 is 15.0 Å². The van der Waals surface area contributed by atoms with E-state index in [1.807, 2.05) is 19.1 Å². The minimum Gasteiger partial charge on any atom is -0.472 e. The first-order valence-corrected chi connectivity index (χ1v) is 7.51. The monoisotopic (exact) mass is 315 g/mol. The molecule has 1 aromatic carbocycles. The summed E-state index contributed by atoms with van der Waals surface area (Å²) in [5.41, 5.74) is 1.25. The van der Waals surface area contributed by atoms with Crippen LogP contribution in [0, 0.1) is 12.7 Å². The van der Waals surface area contributed by atoms with Crippen molar-refractivity contribution >= 4 is 11.7 Å². The van der Waals surface area contributed by atoms with E-state index in [0.29, 0.717) is 19.0 Å². The van der Waals surface area contributed by atoms with Crippen LogP contribution in [0.3, 0.4) is 0 Å². The number of amides is 2. The number of nitrogens with one attached hydrogen (secondary N) is 1. The number of carbonyl (C=O) groups is 1. The number of para-hydroxylation sites is 1. The van der Waals surface area contributed by atoms with Crippen molar-refractivity contribution in [2.75, 3.05) is 18.4 Å². The molecule has 1 aliphatic rings. The van der Waals surface area contributed by atoms with Gasteiger partial charge in [0.25, 0.3) is 0 Å². The minimum absolute atomic E-state index is 0.100. The number of aryl methyl sites for hydroxylation is 1. The number of carbonyl (C=O) groups excluding carboxylic acids is 1. The number of nitrogens with zero attached hydrogens (tertiary/aromatic N) is 2. The van der Waals surface area contributed by atoms with Crippen molar-refractivity contribution in [1.29, 1.82) is 0 Å². The lowest BCUT2D eigenvalue weighted by atomic mass is 10.3. The third kappa shape index (κ3) is 3.77. The summed E-state index contributed by atoms with van der Waals surface area (Å²) in [5, 5.41) is 2.58. The van der Waals surface area contributed by atoms with Crippen LogP contribution in [-0.2, 0) is 0 Å². The van der Waals surface area contributed by atoms with Crippen LogP contribution in [0.15, 0.2) is 42.6 Å². The number of ether oxygens (including phenoxy) is 1. The normalized spacial score (nSPS) is 17.1. The lowest BCUT2D eigenvalue weighted by molar-refractivity contribution is 0.190. The standard InChI is InChI=1S/C17H18FN3O2/c1-12-6-7-16(19-10-12)23-13-8-9-21(11-13)17(22)20-15-5-3-2-4-14(15)18/h2-7,10,13H,8-9,11H2,1H3,(H,20,22). The maximum Gasteiger partial charge on any atom is 0.322 e. The van der Waals surface area contributed by atoms with Gasteiger partial charge in [-0.15, -0.1) is 0 Å². The maximum atomic E-state index is 13.6. The number of hydrogen-bond acceptors (Lipinski definition) is 3. The van der Waals surface area contributed by atoms with Gasteiger partial charge in [0.15, 0.2) is 0 Å². The molecular weight excluding hydrogens is 297 g/mol. The van der Waals surface area contributed by atoms with Crippen molar-refractivity contribution in [3.05, 3.63) is 54.0 Å². The molecule has 1 atom stereocenters. The molecule has 0 bridgehead atoms. The van der Waals surface area contributed by atoms with Crippen LogP contribution in [-0.4, -0.2) is 35.1 Å². The van der Waals surface area contributed by atoms with E-state index in [-0.39, 0.29) is 17.8 Å². The number of likely N-dealkylation sites (tertiary alicyclic amines) is 1. The maximum absolute atomic E-state index is 13.6. The van der Waals surface area contributed by atoms with Crippen molar-refractivity contribution in [3.63, 3.8) is 0 Å². The van der Waals surface area contributed by atoms with E-state index in [1.54, 1.807) is 23.2 Å². The Hall–Kier alpha value is -2.63. The third-order valence-electron chi connectivity index (χ3n) is 3.72. The van der Waals surface area contributed by atoms with E-state index < -0.39 is 5.82 Å². The number of rotatable bonds is 3. The largest absolute Gasteiger partial charge is 0.472 e. The Kier molecular flexibility index (Phi) is 4.41. The molecule has 2 amide bonds. The first-order chi connectivity index (χ1) is 11.1. The molecule has 0 spiro atoms. The fourth-order valence-corrected chi connectivity index (χ4v) is 2.46. The summed E-state index contributed by atoms with van der Waals surface area (Å²) in [5.74, 6) is 0.105. The van der Waals surface area contributed by atoms with Gasteiger partial charge in [0.1, 0.15) is 11.9 Å². The molecule has 0 saturated carbocycles. The Morgan fingerprint density at radius 3 is 2.91 bits per heavy atom. The summed E-state index contributed by atoms with van der Waals surface area (Å²) in [4.78, 5) is 18.0. The van der Waals surface area contributed by atoms with E-state index in [1.165, 1.54) is 12.1 Å². The molecule has 3 rings (SSSR count). The molecule has 0 radical (unpaired) electrons. The van der Waals surface area contributed by atoms with Crippen molar-refractivity contribution in [2.45, 2.75) is 19.4 Å². The number of urea groups is 1. The van der Waals surface area contributed by atoms with Crippen LogP contribution < -0.4 is 10.1 Å². The third-order valence-corrected chi connectivity index (χ3v) is 3.72. The van der Waals surface area contributed by atoms with Crippen LogP contribution >= 0.6 is 0 Å². The molecule has 2 aromatic rings. The number of halogens is 1. The van der Waals surface area contributed by atoms with Crippen LogP contribution in [0.2, 0.25) is 0 Å². The van der Waals surface area contributed by atoms with Gasteiger partial charge in [-0.3, -0.25) is 0 Å². The van der Waals surface area contributed by atoms with Crippen molar-refractivity contribution < 1.29 is 13.9 Å². The molecule has 120 valence electrons. The lowest BCUT2D eigenvalue weighted by Gasteiger charge is -2.18. The Labute approximate surface area is 134 Å². The van der Waals surface area contributed by atoms with Gasteiger partial charge in [-0.1, -0.05) is 18.2 Å². The molecular formula is C17H18FN3O2. The van der Waals surface area contributed by atoms with Crippen LogP contribution in [0.1, 0.15) is 12.0 Å². The Balaban J connectivity index is 1.55. The second-order valence-corrected chi connectivity index (χ2v) is 5.56. The first-order valence-electron chi connectivity index (χ1n) is 7.51. The summed E-state index contributed by atoms with van der Waals surface area (Å²) < 4.78 is 19.3.